The summed E-state index contributed by atoms with van der Waals surface area (Å²) in [4.78, 5) is 16.8. The first kappa shape index (κ1) is 14.4. The van der Waals surface area contributed by atoms with Crippen molar-refractivity contribution in [3.8, 4) is 5.75 Å². The number of nitrogens with one attached hydrogen (secondary N) is 2. The highest BCUT2D eigenvalue weighted by Gasteiger charge is 2.05. The molecule has 2 rings (SSSR count). The summed E-state index contributed by atoms with van der Waals surface area (Å²) in [6, 6.07) is 7.61. The lowest BCUT2D eigenvalue weighted by atomic mass is 10.3. The van der Waals surface area contributed by atoms with E-state index in [0.29, 0.717) is 18.1 Å². The lowest BCUT2D eigenvalue weighted by Crippen LogP contribution is -2.25. The molecule has 0 saturated heterocycles. The molecule has 2 aromatic rings. The summed E-state index contributed by atoms with van der Waals surface area (Å²) < 4.78 is 5.14. The summed E-state index contributed by atoms with van der Waals surface area (Å²) >= 11 is 1.46. The lowest BCUT2D eigenvalue weighted by molar-refractivity contribution is -0.118. The van der Waals surface area contributed by atoms with Gasteiger partial charge in [-0.15, -0.1) is 11.8 Å². The van der Waals surface area contributed by atoms with Crippen LogP contribution in [0.2, 0.25) is 0 Å². The van der Waals surface area contributed by atoms with Crippen LogP contribution >= 0.6 is 11.8 Å². The minimum absolute atomic E-state index is 0.0553. The number of carbonyl (C=O) groups is 1. The quantitative estimate of drug-likeness (QED) is 0.789. The molecule has 1 aromatic carbocycles. The summed E-state index contributed by atoms with van der Waals surface area (Å²) in [6.45, 7) is 2.15. The normalized spacial score (nSPS) is 10.3. The maximum atomic E-state index is 11.7. The van der Waals surface area contributed by atoms with Crippen molar-refractivity contribution in [3.63, 3.8) is 0 Å². The van der Waals surface area contributed by atoms with Crippen LogP contribution in [0.1, 0.15) is 11.6 Å². The van der Waals surface area contributed by atoms with Crippen LogP contribution in [-0.4, -0.2) is 34.0 Å². The Morgan fingerprint density at radius 2 is 2.35 bits per heavy atom. The zero-order valence-corrected chi connectivity index (χ0v) is 12.2. The molecule has 1 heterocycles. The number of ether oxygens (including phenoxy) is 1. The summed E-state index contributed by atoms with van der Waals surface area (Å²) in [7, 11) is 1.62. The third-order valence-corrected chi connectivity index (χ3v) is 3.49. The Morgan fingerprint density at radius 1 is 1.50 bits per heavy atom. The smallest absolute Gasteiger partial charge is 0.230 e. The van der Waals surface area contributed by atoms with Gasteiger partial charge in [0.05, 0.1) is 19.4 Å². The second-order valence-corrected chi connectivity index (χ2v) is 5.13. The van der Waals surface area contributed by atoms with Crippen molar-refractivity contribution in [2.75, 3.05) is 12.9 Å². The van der Waals surface area contributed by atoms with E-state index in [1.54, 1.807) is 7.11 Å². The topological polar surface area (TPSA) is 79.9 Å². The Hall–Kier alpha value is -2.02. The number of methoxy groups -OCH3 is 1. The van der Waals surface area contributed by atoms with Gasteiger partial charge in [0.1, 0.15) is 11.6 Å². The van der Waals surface area contributed by atoms with Crippen molar-refractivity contribution < 1.29 is 9.53 Å². The number of aromatic nitrogens is 3. The molecule has 0 aliphatic carbocycles. The molecular formula is C13H16N4O2S. The predicted molar refractivity (Wildman–Crippen MR) is 76.7 cm³/mol. The first-order valence-corrected chi connectivity index (χ1v) is 7.07. The fraction of sp³-hybridized carbons (Fsp3) is 0.308. The Bertz CT molecular complexity index is 585. The Kier molecular flexibility index (Phi) is 5.00. The fourth-order valence-electron chi connectivity index (χ4n) is 1.54. The minimum Gasteiger partial charge on any atom is -0.497 e. The third-order valence-electron chi connectivity index (χ3n) is 2.50. The average Bonchev–Trinajstić information content (AvgIpc) is 2.89. The number of aryl methyl sites for hydroxylation is 1. The fourth-order valence-corrected chi connectivity index (χ4v) is 2.31. The van der Waals surface area contributed by atoms with Crippen LogP contribution in [0.25, 0.3) is 0 Å². The predicted octanol–water partition coefficient (Wildman–Crippen LogP) is 1.53. The van der Waals surface area contributed by atoms with Crippen molar-refractivity contribution in [2.24, 2.45) is 0 Å². The zero-order chi connectivity index (χ0) is 14.4. The van der Waals surface area contributed by atoms with Gasteiger partial charge in [-0.25, -0.2) is 4.98 Å². The number of nitrogens with zero attached hydrogens (tertiary/aromatic N) is 2. The van der Waals surface area contributed by atoms with E-state index in [4.69, 9.17) is 4.74 Å². The number of amides is 1. The number of aromatic amines is 1. The van der Waals surface area contributed by atoms with Crippen LogP contribution in [-0.2, 0) is 11.3 Å². The van der Waals surface area contributed by atoms with E-state index < -0.39 is 0 Å². The van der Waals surface area contributed by atoms with Crippen molar-refractivity contribution in [2.45, 2.75) is 18.4 Å². The van der Waals surface area contributed by atoms with Crippen LogP contribution in [0.4, 0.5) is 0 Å². The summed E-state index contributed by atoms with van der Waals surface area (Å²) in [6.07, 6.45) is 0. The van der Waals surface area contributed by atoms with Gasteiger partial charge in [0.15, 0.2) is 5.82 Å². The lowest BCUT2D eigenvalue weighted by Gasteiger charge is -2.05. The zero-order valence-electron chi connectivity index (χ0n) is 11.3. The largest absolute Gasteiger partial charge is 0.497 e. The maximum absolute atomic E-state index is 11.7. The van der Waals surface area contributed by atoms with Gasteiger partial charge in [-0.05, 0) is 25.1 Å². The van der Waals surface area contributed by atoms with Gasteiger partial charge < -0.3 is 10.1 Å². The summed E-state index contributed by atoms with van der Waals surface area (Å²) in [5, 5.41) is 9.46. The number of rotatable bonds is 6. The van der Waals surface area contributed by atoms with Gasteiger partial charge >= 0.3 is 0 Å². The number of benzene rings is 1. The third kappa shape index (κ3) is 4.27. The van der Waals surface area contributed by atoms with Gasteiger partial charge in [0, 0.05) is 4.90 Å². The molecule has 7 heteroatoms. The van der Waals surface area contributed by atoms with E-state index in [1.165, 1.54) is 11.8 Å². The first-order chi connectivity index (χ1) is 9.67. The molecule has 0 spiro atoms. The number of hydrogen-bond acceptors (Lipinski definition) is 5. The van der Waals surface area contributed by atoms with Crippen molar-refractivity contribution in [1.29, 1.82) is 0 Å². The Balaban J connectivity index is 1.77. The average molecular weight is 292 g/mol. The molecule has 0 aliphatic heterocycles. The monoisotopic (exact) mass is 292 g/mol. The van der Waals surface area contributed by atoms with E-state index in [0.717, 1.165) is 16.5 Å². The van der Waals surface area contributed by atoms with Gasteiger partial charge in [-0.2, -0.15) is 5.10 Å². The van der Waals surface area contributed by atoms with Crippen molar-refractivity contribution in [1.82, 2.24) is 20.5 Å². The Labute approximate surface area is 121 Å². The number of hydrogen-bond donors (Lipinski definition) is 2. The molecule has 2 N–H and O–H groups in total. The summed E-state index contributed by atoms with van der Waals surface area (Å²) in [5.41, 5.74) is 0. The van der Waals surface area contributed by atoms with Crippen LogP contribution in [0.15, 0.2) is 29.2 Å². The molecule has 1 aromatic heterocycles. The molecule has 0 saturated carbocycles. The van der Waals surface area contributed by atoms with Crippen molar-refractivity contribution >= 4 is 17.7 Å². The van der Waals surface area contributed by atoms with Gasteiger partial charge in [0.2, 0.25) is 5.91 Å². The molecule has 1 amide bonds. The van der Waals surface area contributed by atoms with E-state index in [-0.39, 0.29) is 5.91 Å². The minimum atomic E-state index is -0.0553. The van der Waals surface area contributed by atoms with E-state index in [2.05, 4.69) is 20.5 Å². The Morgan fingerprint density at radius 3 is 3.05 bits per heavy atom. The molecule has 6 nitrogen and oxygen atoms in total. The highest BCUT2D eigenvalue weighted by atomic mass is 32.2. The molecule has 0 radical (unpaired) electrons. The standard InChI is InChI=1S/C13H16N4O2S/c1-9-15-12(17-16-9)7-14-13(18)8-20-11-5-3-4-10(6-11)19-2/h3-6H,7-8H2,1-2H3,(H,14,18)(H,15,16,17). The van der Waals surface area contributed by atoms with E-state index >= 15 is 0 Å². The molecule has 0 bridgehead atoms. The van der Waals surface area contributed by atoms with Gasteiger partial charge in [-0.1, -0.05) is 6.07 Å². The molecule has 0 atom stereocenters. The van der Waals surface area contributed by atoms with Crippen LogP contribution < -0.4 is 10.1 Å². The van der Waals surface area contributed by atoms with Gasteiger partial charge in [-0.3, -0.25) is 9.89 Å². The highest BCUT2D eigenvalue weighted by Crippen LogP contribution is 2.22. The highest BCUT2D eigenvalue weighted by molar-refractivity contribution is 8.00. The van der Waals surface area contributed by atoms with Crippen LogP contribution in [0.3, 0.4) is 0 Å². The summed E-state index contributed by atoms with van der Waals surface area (Å²) in [5.74, 6) is 2.39. The molecule has 20 heavy (non-hydrogen) atoms. The first-order valence-electron chi connectivity index (χ1n) is 6.09. The van der Waals surface area contributed by atoms with Gasteiger partial charge in [0.25, 0.3) is 0 Å². The SMILES string of the molecule is COc1cccc(SCC(=O)NCc2n[nH]c(C)n2)c1. The molecule has 106 valence electrons. The molecule has 0 fully saturated rings. The second kappa shape index (κ2) is 6.95. The van der Waals surface area contributed by atoms with Crippen molar-refractivity contribution in [3.05, 3.63) is 35.9 Å². The van der Waals surface area contributed by atoms with E-state index in [1.807, 2.05) is 31.2 Å². The molecule has 0 unspecified atom stereocenters. The molecular weight excluding hydrogens is 276 g/mol. The number of carbonyl (C=O) groups excluding carboxylic acids is 1. The number of thioether (sulfide) groups is 1. The number of H-pyrrole nitrogens is 1. The van der Waals surface area contributed by atoms with Crippen LogP contribution in [0.5, 0.6) is 5.75 Å². The van der Waals surface area contributed by atoms with E-state index in [9.17, 15) is 4.79 Å². The second-order valence-electron chi connectivity index (χ2n) is 4.08. The maximum Gasteiger partial charge on any atom is 0.230 e. The molecule has 0 aliphatic rings. The van der Waals surface area contributed by atoms with Crippen LogP contribution in [0, 0.1) is 6.92 Å².